The third kappa shape index (κ3) is 2.51. The van der Waals surface area contributed by atoms with E-state index in [4.69, 9.17) is 5.73 Å². The normalized spacial score (nSPS) is 16.7. The van der Waals surface area contributed by atoms with E-state index in [1.807, 2.05) is 36.3 Å². The van der Waals surface area contributed by atoms with Crippen LogP contribution in [-0.2, 0) is 0 Å². The molecule has 0 saturated heterocycles. The molecule has 0 heterocycles. The lowest BCUT2D eigenvalue weighted by atomic mass is 10.1. The molecule has 2 N–H and O–H groups in total. The number of rotatable bonds is 3. The Bertz CT molecular complexity index is 272. The Kier molecular flexibility index (Phi) is 3.38. The minimum atomic E-state index is 0.938. The Morgan fingerprint density at radius 3 is 2.69 bits per heavy atom. The molecule has 0 aromatic carbocycles. The van der Waals surface area contributed by atoms with Crippen LogP contribution in [0, 0.1) is 0 Å². The molecule has 1 rings (SSSR count). The van der Waals surface area contributed by atoms with Crippen LogP contribution in [0.3, 0.4) is 0 Å². The molecule has 0 atom stereocenters. The van der Waals surface area contributed by atoms with Gasteiger partial charge in [-0.15, -0.1) is 0 Å². The van der Waals surface area contributed by atoms with Crippen LogP contribution in [0.4, 0.5) is 0 Å². The van der Waals surface area contributed by atoms with Gasteiger partial charge in [-0.05, 0) is 31.9 Å². The summed E-state index contributed by atoms with van der Waals surface area (Å²) in [7, 11) is 0. The highest BCUT2D eigenvalue weighted by Crippen LogP contribution is 2.19. The van der Waals surface area contributed by atoms with Crippen LogP contribution < -0.4 is 5.73 Å². The van der Waals surface area contributed by atoms with Crippen molar-refractivity contribution in [2.45, 2.75) is 19.8 Å². The Hall–Kier alpha value is -1.44. The highest BCUT2D eigenvalue weighted by molar-refractivity contribution is 5.23. The molecule has 0 saturated carbocycles. The lowest BCUT2D eigenvalue weighted by Crippen LogP contribution is -2.12. The topological polar surface area (TPSA) is 29.3 Å². The maximum atomic E-state index is 5.67. The van der Waals surface area contributed by atoms with Gasteiger partial charge in [-0.1, -0.05) is 12.7 Å². The van der Waals surface area contributed by atoms with E-state index >= 15 is 0 Å². The molecule has 1 aliphatic rings. The zero-order valence-corrected chi connectivity index (χ0v) is 8.03. The Morgan fingerprint density at radius 1 is 1.46 bits per heavy atom. The van der Waals surface area contributed by atoms with Crippen molar-refractivity contribution in [3.8, 4) is 0 Å². The summed E-state index contributed by atoms with van der Waals surface area (Å²) in [6, 6.07) is 0. The molecule has 0 aromatic rings. The molecule has 0 bridgehead atoms. The van der Waals surface area contributed by atoms with Crippen LogP contribution in [0.25, 0.3) is 0 Å². The Labute approximate surface area is 79.7 Å². The van der Waals surface area contributed by atoms with E-state index in [0.717, 1.165) is 18.5 Å². The van der Waals surface area contributed by atoms with Crippen molar-refractivity contribution < 1.29 is 0 Å². The van der Waals surface area contributed by atoms with Crippen molar-refractivity contribution in [1.82, 2.24) is 4.90 Å². The first-order valence-electron chi connectivity index (χ1n) is 4.47. The fourth-order valence-electron chi connectivity index (χ4n) is 1.29. The second-order valence-corrected chi connectivity index (χ2v) is 2.97. The van der Waals surface area contributed by atoms with Crippen molar-refractivity contribution in [3.05, 3.63) is 48.6 Å². The van der Waals surface area contributed by atoms with Gasteiger partial charge in [0.15, 0.2) is 0 Å². The van der Waals surface area contributed by atoms with Gasteiger partial charge in [0.1, 0.15) is 0 Å². The Balaban J connectivity index is 2.75. The predicted molar refractivity (Wildman–Crippen MR) is 56.4 cm³/mol. The zero-order chi connectivity index (χ0) is 9.68. The molecular formula is C11H16N2. The number of hydrogen-bond acceptors (Lipinski definition) is 2. The molecule has 0 amide bonds. The molecule has 0 radical (unpaired) electrons. The second kappa shape index (κ2) is 4.55. The van der Waals surface area contributed by atoms with Crippen LogP contribution in [0.1, 0.15) is 19.8 Å². The monoisotopic (exact) mass is 176 g/mol. The molecule has 0 aromatic heterocycles. The van der Waals surface area contributed by atoms with E-state index in [-0.39, 0.29) is 0 Å². The number of nitrogens with zero attached hydrogens (tertiary/aromatic N) is 1. The summed E-state index contributed by atoms with van der Waals surface area (Å²) >= 11 is 0. The van der Waals surface area contributed by atoms with Crippen molar-refractivity contribution >= 4 is 0 Å². The van der Waals surface area contributed by atoms with Gasteiger partial charge in [0.05, 0.1) is 0 Å². The largest absolute Gasteiger partial charge is 0.402 e. The van der Waals surface area contributed by atoms with Crippen molar-refractivity contribution in [2.75, 3.05) is 0 Å². The molecule has 0 fully saturated rings. The van der Waals surface area contributed by atoms with E-state index in [0.29, 0.717) is 0 Å². The lowest BCUT2D eigenvalue weighted by molar-refractivity contribution is 0.582. The van der Waals surface area contributed by atoms with Crippen LogP contribution in [0.15, 0.2) is 48.6 Å². The van der Waals surface area contributed by atoms with Gasteiger partial charge in [0, 0.05) is 23.8 Å². The number of hydrogen-bond donors (Lipinski definition) is 1. The average molecular weight is 176 g/mol. The summed E-state index contributed by atoms with van der Waals surface area (Å²) in [6.45, 7) is 5.75. The molecule has 0 aliphatic heterocycles. The summed E-state index contributed by atoms with van der Waals surface area (Å²) in [4.78, 5) is 2.02. The standard InChI is InChI=1S/C11H16N2/c1-3-9-13(4-2)11-7-5-10(12)6-8-11/h3-5,7,9H,2,6,8,12H2,1H3/b9-3-. The molecule has 0 unspecified atom stereocenters. The van der Waals surface area contributed by atoms with Gasteiger partial charge >= 0.3 is 0 Å². The van der Waals surface area contributed by atoms with Crippen LogP contribution >= 0.6 is 0 Å². The third-order valence-corrected chi connectivity index (χ3v) is 2.00. The smallest absolute Gasteiger partial charge is 0.0224 e. The highest BCUT2D eigenvalue weighted by Gasteiger charge is 2.06. The summed E-state index contributed by atoms with van der Waals surface area (Å²) in [6.07, 6.45) is 11.7. The molecular weight excluding hydrogens is 160 g/mol. The Morgan fingerprint density at radius 2 is 2.23 bits per heavy atom. The van der Waals surface area contributed by atoms with E-state index in [1.165, 1.54) is 5.70 Å². The van der Waals surface area contributed by atoms with Gasteiger partial charge in [-0.3, -0.25) is 0 Å². The quantitative estimate of drug-likeness (QED) is 0.715. The zero-order valence-electron chi connectivity index (χ0n) is 8.03. The summed E-state index contributed by atoms with van der Waals surface area (Å²) in [5, 5.41) is 0. The predicted octanol–water partition coefficient (Wildman–Crippen LogP) is 2.49. The van der Waals surface area contributed by atoms with Crippen molar-refractivity contribution in [2.24, 2.45) is 5.73 Å². The van der Waals surface area contributed by atoms with E-state index in [1.54, 1.807) is 6.20 Å². The average Bonchev–Trinajstić information content (AvgIpc) is 2.16. The number of nitrogens with two attached hydrogens (primary N) is 1. The first-order chi connectivity index (χ1) is 6.27. The molecule has 2 heteroatoms. The minimum absolute atomic E-state index is 0.938. The van der Waals surface area contributed by atoms with Crippen molar-refractivity contribution in [3.63, 3.8) is 0 Å². The van der Waals surface area contributed by atoms with Gasteiger partial charge in [-0.2, -0.15) is 0 Å². The molecule has 1 aliphatic carbocycles. The maximum absolute atomic E-state index is 5.67. The van der Waals surface area contributed by atoms with Crippen LogP contribution in [0.2, 0.25) is 0 Å². The van der Waals surface area contributed by atoms with E-state index in [2.05, 4.69) is 6.58 Å². The van der Waals surface area contributed by atoms with Gasteiger partial charge < -0.3 is 10.6 Å². The lowest BCUT2D eigenvalue weighted by Gasteiger charge is -2.21. The first kappa shape index (κ1) is 9.65. The number of allylic oxidation sites excluding steroid dienone is 5. The summed E-state index contributed by atoms with van der Waals surface area (Å²) in [5.41, 5.74) is 7.86. The fraction of sp³-hybridized carbons (Fsp3) is 0.273. The SMILES string of the molecule is C=CN(/C=C\C)C1=CC=C(N)CC1. The second-order valence-electron chi connectivity index (χ2n) is 2.97. The molecule has 0 spiro atoms. The van der Waals surface area contributed by atoms with E-state index in [9.17, 15) is 0 Å². The summed E-state index contributed by atoms with van der Waals surface area (Å²) < 4.78 is 0. The van der Waals surface area contributed by atoms with Crippen molar-refractivity contribution in [1.29, 1.82) is 0 Å². The molecule has 13 heavy (non-hydrogen) atoms. The summed E-state index contributed by atoms with van der Waals surface area (Å²) in [5.74, 6) is 0. The van der Waals surface area contributed by atoms with Gasteiger partial charge in [0.25, 0.3) is 0 Å². The minimum Gasteiger partial charge on any atom is -0.402 e. The third-order valence-electron chi connectivity index (χ3n) is 2.00. The van der Waals surface area contributed by atoms with Gasteiger partial charge in [-0.25, -0.2) is 0 Å². The maximum Gasteiger partial charge on any atom is 0.0224 e. The molecule has 70 valence electrons. The highest BCUT2D eigenvalue weighted by atomic mass is 15.1. The molecule has 2 nitrogen and oxygen atoms in total. The van der Waals surface area contributed by atoms with Crippen LogP contribution in [0.5, 0.6) is 0 Å². The fourth-order valence-corrected chi connectivity index (χ4v) is 1.29. The van der Waals surface area contributed by atoms with Crippen LogP contribution in [-0.4, -0.2) is 4.90 Å². The van der Waals surface area contributed by atoms with E-state index < -0.39 is 0 Å². The first-order valence-corrected chi connectivity index (χ1v) is 4.47. The van der Waals surface area contributed by atoms with Gasteiger partial charge in [0.2, 0.25) is 0 Å².